The number of carbonyl (C=O) groups is 3. The minimum absolute atomic E-state index is 0.0988. The molecule has 4 heteroatoms. The number of rotatable bonds is 2. The Morgan fingerprint density at radius 3 is 2.31 bits per heavy atom. The Kier molecular flexibility index (Phi) is 3.20. The first-order chi connectivity index (χ1) is 12.6. The first-order valence-corrected chi connectivity index (χ1v) is 9.20. The molecular weight excluding hydrogens is 326 g/mol. The van der Waals surface area contributed by atoms with E-state index in [0.29, 0.717) is 12.1 Å². The summed E-state index contributed by atoms with van der Waals surface area (Å²) in [6.07, 6.45) is 1.11. The monoisotopic (exact) mass is 345 g/mol. The van der Waals surface area contributed by atoms with E-state index in [1.54, 1.807) is 0 Å². The summed E-state index contributed by atoms with van der Waals surface area (Å²) < 4.78 is 0. The highest BCUT2D eigenvalue weighted by Crippen LogP contribution is 2.57. The van der Waals surface area contributed by atoms with Crippen molar-refractivity contribution in [3.63, 3.8) is 0 Å². The quantitative estimate of drug-likeness (QED) is 0.786. The van der Waals surface area contributed by atoms with Gasteiger partial charge in [0.15, 0.2) is 0 Å². The average Bonchev–Trinajstić information content (AvgIpc) is 2.93. The number of ketones is 1. The molecule has 4 nitrogen and oxygen atoms in total. The molecule has 1 aliphatic heterocycles. The highest BCUT2D eigenvalue weighted by molar-refractivity contribution is 6.25. The van der Waals surface area contributed by atoms with E-state index < -0.39 is 17.8 Å². The largest absolute Gasteiger partial charge is 0.299 e. The third-order valence-corrected chi connectivity index (χ3v) is 6.30. The van der Waals surface area contributed by atoms with Gasteiger partial charge in [-0.1, -0.05) is 49.4 Å². The van der Waals surface area contributed by atoms with E-state index in [1.165, 1.54) is 4.90 Å². The van der Waals surface area contributed by atoms with E-state index in [9.17, 15) is 14.4 Å². The van der Waals surface area contributed by atoms with Gasteiger partial charge in [-0.15, -0.1) is 0 Å². The Balaban J connectivity index is 1.67. The third kappa shape index (κ3) is 1.82. The van der Waals surface area contributed by atoms with Gasteiger partial charge < -0.3 is 0 Å². The first kappa shape index (κ1) is 15.5. The zero-order chi connectivity index (χ0) is 18.0. The fourth-order valence-corrected chi connectivity index (χ4v) is 5.22. The van der Waals surface area contributed by atoms with Crippen molar-refractivity contribution in [3.8, 4) is 0 Å². The topological polar surface area (TPSA) is 54.5 Å². The molecule has 2 amide bonds. The van der Waals surface area contributed by atoms with Crippen molar-refractivity contribution in [3.05, 3.63) is 65.2 Å². The number of amides is 2. The lowest BCUT2D eigenvalue weighted by atomic mass is 9.56. The molecule has 4 aliphatic rings. The Morgan fingerprint density at radius 2 is 1.54 bits per heavy atom. The molecule has 0 unspecified atom stereocenters. The number of hydrogen-bond acceptors (Lipinski definition) is 3. The molecule has 0 spiro atoms. The molecule has 2 aromatic carbocycles. The fourth-order valence-electron chi connectivity index (χ4n) is 5.22. The normalized spacial score (nSPS) is 29.1. The standard InChI is InChI=1S/C22H19NO3/c1-2-12-7-3-6-10-16(12)23-21(25)19-15-11-17(24)18(20(19)22(23)26)14-9-5-4-8-13(14)15/h3-10,15,18-20H,2,11H2,1H3/t15-,18+,19-,20+/m0/s1. The molecule has 0 aromatic heterocycles. The second kappa shape index (κ2) is 5.37. The number of Topliss-reactive ketones (excluding diaryl/α,β-unsaturated/α-hetero) is 1. The lowest BCUT2D eigenvalue weighted by Crippen LogP contribution is -2.44. The van der Waals surface area contributed by atoms with Gasteiger partial charge in [0.1, 0.15) is 5.78 Å². The van der Waals surface area contributed by atoms with Crippen LogP contribution >= 0.6 is 0 Å². The van der Waals surface area contributed by atoms with Crippen LogP contribution in [-0.2, 0) is 20.8 Å². The summed E-state index contributed by atoms with van der Waals surface area (Å²) in [6, 6.07) is 15.4. The highest BCUT2D eigenvalue weighted by atomic mass is 16.2. The maximum Gasteiger partial charge on any atom is 0.238 e. The molecule has 6 rings (SSSR count). The summed E-state index contributed by atoms with van der Waals surface area (Å²) in [5.74, 6) is -1.86. The van der Waals surface area contributed by atoms with Crippen molar-refractivity contribution in [2.75, 3.05) is 4.90 Å². The van der Waals surface area contributed by atoms with Gasteiger partial charge in [-0.3, -0.25) is 14.4 Å². The summed E-state index contributed by atoms with van der Waals surface area (Å²) in [4.78, 5) is 40.7. The molecule has 1 heterocycles. The third-order valence-electron chi connectivity index (χ3n) is 6.30. The van der Waals surface area contributed by atoms with Gasteiger partial charge in [0.05, 0.1) is 23.4 Å². The number of carbonyl (C=O) groups excluding carboxylic acids is 3. The van der Waals surface area contributed by atoms with E-state index in [2.05, 4.69) is 0 Å². The molecule has 2 bridgehead atoms. The van der Waals surface area contributed by atoms with Crippen molar-refractivity contribution in [2.45, 2.75) is 31.6 Å². The van der Waals surface area contributed by atoms with Crippen LogP contribution in [0.3, 0.4) is 0 Å². The lowest BCUT2D eigenvalue weighted by Gasteiger charge is -2.43. The molecule has 0 radical (unpaired) electrons. The van der Waals surface area contributed by atoms with E-state index in [-0.39, 0.29) is 23.5 Å². The van der Waals surface area contributed by atoms with Crippen molar-refractivity contribution >= 4 is 23.3 Å². The molecule has 2 aromatic rings. The molecule has 1 saturated heterocycles. The average molecular weight is 345 g/mol. The van der Waals surface area contributed by atoms with Crippen molar-refractivity contribution < 1.29 is 14.4 Å². The van der Waals surface area contributed by atoms with Gasteiger partial charge in [-0.05, 0) is 29.2 Å². The van der Waals surface area contributed by atoms with Gasteiger partial charge in [-0.2, -0.15) is 0 Å². The second-order valence-electron chi connectivity index (χ2n) is 7.43. The van der Waals surface area contributed by atoms with Crippen LogP contribution in [0.1, 0.15) is 41.9 Å². The maximum absolute atomic E-state index is 13.3. The van der Waals surface area contributed by atoms with Crippen LogP contribution < -0.4 is 4.90 Å². The van der Waals surface area contributed by atoms with Crippen molar-refractivity contribution in [1.82, 2.24) is 0 Å². The van der Waals surface area contributed by atoms with Crippen molar-refractivity contribution in [1.29, 1.82) is 0 Å². The predicted molar refractivity (Wildman–Crippen MR) is 96.8 cm³/mol. The number of benzene rings is 2. The predicted octanol–water partition coefficient (Wildman–Crippen LogP) is 3.21. The summed E-state index contributed by atoms with van der Waals surface area (Å²) in [6.45, 7) is 2.01. The van der Waals surface area contributed by atoms with E-state index in [4.69, 9.17) is 0 Å². The van der Waals surface area contributed by atoms with Gasteiger partial charge in [0.2, 0.25) is 11.8 Å². The summed E-state index contributed by atoms with van der Waals surface area (Å²) >= 11 is 0. The second-order valence-corrected chi connectivity index (χ2v) is 7.43. The lowest BCUT2D eigenvalue weighted by molar-refractivity contribution is -0.134. The first-order valence-electron chi connectivity index (χ1n) is 9.20. The molecule has 130 valence electrons. The van der Waals surface area contributed by atoms with Crippen LogP contribution in [0.2, 0.25) is 0 Å². The molecule has 26 heavy (non-hydrogen) atoms. The Labute approximate surface area is 151 Å². The van der Waals surface area contributed by atoms with Crippen LogP contribution in [0.5, 0.6) is 0 Å². The van der Waals surface area contributed by atoms with Gasteiger partial charge >= 0.3 is 0 Å². The molecule has 1 saturated carbocycles. The molecule has 2 fully saturated rings. The SMILES string of the molecule is CCc1ccccc1N1C(=O)[C@@H]2[C@H](C1=O)[C@H]1C(=O)C[C@H]2c2ccccc21. The molecule has 4 atom stereocenters. The Bertz CT molecular complexity index is 963. The minimum Gasteiger partial charge on any atom is -0.299 e. The molecule has 0 N–H and O–H groups in total. The van der Waals surface area contributed by atoms with E-state index >= 15 is 0 Å². The van der Waals surface area contributed by atoms with Crippen LogP contribution in [-0.4, -0.2) is 17.6 Å². The minimum atomic E-state index is -0.548. The van der Waals surface area contributed by atoms with E-state index in [0.717, 1.165) is 23.1 Å². The van der Waals surface area contributed by atoms with Gasteiger partial charge in [-0.25, -0.2) is 4.90 Å². The Morgan fingerprint density at radius 1 is 0.885 bits per heavy atom. The number of nitrogens with zero attached hydrogens (tertiary/aromatic N) is 1. The van der Waals surface area contributed by atoms with Crippen LogP contribution in [0.25, 0.3) is 0 Å². The van der Waals surface area contributed by atoms with Crippen LogP contribution in [0.15, 0.2) is 48.5 Å². The van der Waals surface area contributed by atoms with Crippen molar-refractivity contribution in [2.24, 2.45) is 11.8 Å². The highest BCUT2D eigenvalue weighted by Gasteiger charge is 2.62. The number of fused-ring (bicyclic) bond motifs is 1. The Hall–Kier alpha value is -2.75. The zero-order valence-corrected chi connectivity index (χ0v) is 14.5. The number of imide groups is 1. The maximum atomic E-state index is 13.3. The summed E-state index contributed by atoms with van der Waals surface area (Å²) in [5.41, 5.74) is 3.67. The molecule has 3 aliphatic carbocycles. The van der Waals surface area contributed by atoms with Crippen LogP contribution in [0, 0.1) is 11.8 Å². The van der Waals surface area contributed by atoms with Gasteiger partial charge in [0, 0.05) is 12.3 Å². The van der Waals surface area contributed by atoms with E-state index in [1.807, 2.05) is 55.5 Å². The zero-order valence-electron chi connectivity index (χ0n) is 14.5. The number of hydrogen-bond donors (Lipinski definition) is 0. The van der Waals surface area contributed by atoms with Crippen LogP contribution in [0.4, 0.5) is 5.69 Å². The summed E-state index contributed by atoms with van der Waals surface area (Å²) in [7, 11) is 0. The number of aryl methyl sites for hydroxylation is 1. The van der Waals surface area contributed by atoms with Gasteiger partial charge in [0.25, 0.3) is 0 Å². The molecular formula is C22H19NO3. The summed E-state index contributed by atoms with van der Waals surface area (Å²) in [5, 5.41) is 0. The fraction of sp³-hybridized carbons (Fsp3) is 0.318. The number of anilines is 1. The number of para-hydroxylation sites is 1. The smallest absolute Gasteiger partial charge is 0.238 e.